The van der Waals surface area contributed by atoms with Crippen molar-refractivity contribution in [3.8, 4) is 0 Å². The SMILES string of the molecule is Cc1ccc2[nH]c(=O)[nH]c2c1.O=C(COC(=O)N1CCC(N2CCc3ccccc3NC2=O)CC1)N1CCC(N2CCC(OC3CC(O)CC(CO)O3)CC2)CC1. The van der Waals surface area contributed by atoms with Gasteiger partial charge >= 0.3 is 17.8 Å². The number of carbonyl (C=O) groups is 3. The van der Waals surface area contributed by atoms with Crippen LogP contribution in [0.25, 0.3) is 11.0 Å². The van der Waals surface area contributed by atoms with E-state index in [0.29, 0.717) is 64.4 Å². The zero-order valence-corrected chi connectivity index (χ0v) is 32.8. The Morgan fingerprint density at radius 2 is 1.54 bits per heavy atom. The summed E-state index contributed by atoms with van der Waals surface area (Å²) in [5.41, 5.74) is 4.72. The minimum absolute atomic E-state index is 0.0548. The molecule has 16 nitrogen and oxygen atoms in total. The Labute approximate surface area is 332 Å². The number of carbonyl (C=O) groups excluding carboxylic acids is 3. The molecule has 0 saturated carbocycles. The third-order valence-corrected chi connectivity index (χ3v) is 12.0. The van der Waals surface area contributed by atoms with Crippen LogP contribution >= 0.6 is 0 Å². The minimum Gasteiger partial charge on any atom is -0.439 e. The van der Waals surface area contributed by atoms with Crippen LogP contribution in [0.3, 0.4) is 0 Å². The van der Waals surface area contributed by atoms with Crippen molar-refractivity contribution in [3.63, 3.8) is 0 Å². The van der Waals surface area contributed by atoms with Gasteiger partial charge in [-0.2, -0.15) is 0 Å². The second-order valence-electron chi connectivity index (χ2n) is 15.9. The highest BCUT2D eigenvalue weighted by molar-refractivity contribution is 5.91. The number of hydrogen-bond donors (Lipinski definition) is 5. The zero-order valence-electron chi connectivity index (χ0n) is 32.8. The molecule has 6 heterocycles. The van der Waals surface area contributed by atoms with Gasteiger partial charge < -0.3 is 59.3 Å². The summed E-state index contributed by atoms with van der Waals surface area (Å²) in [5.74, 6) is -0.162. The van der Waals surface area contributed by atoms with Gasteiger partial charge in [0.2, 0.25) is 0 Å². The zero-order chi connectivity index (χ0) is 39.9. The first-order chi connectivity index (χ1) is 27.6. The fourth-order valence-electron chi connectivity index (χ4n) is 8.78. The van der Waals surface area contributed by atoms with E-state index < -0.39 is 18.5 Å². The number of imidazole rings is 1. The first-order valence-corrected chi connectivity index (χ1v) is 20.5. The number of para-hydroxylation sites is 1. The number of ether oxygens (including phenoxy) is 3. The fraction of sp³-hybridized carbons (Fsp3) is 0.610. The minimum atomic E-state index is -0.509. The molecule has 0 spiro atoms. The van der Waals surface area contributed by atoms with E-state index in [1.165, 1.54) is 0 Å². The number of aliphatic hydroxyl groups is 2. The molecule has 2 aromatic carbocycles. The fourth-order valence-corrected chi connectivity index (χ4v) is 8.78. The lowest BCUT2D eigenvalue weighted by molar-refractivity contribution is -0.243. The molecule has 310 valence electrons. The second kappa shape index (κ2) is 18.9. The largest absolute Gasteiger partial charge is 0.439 e. The lowest BCUT2D eigenvalue weighted by atomic mass is 9.98. The Morgan fingerprint density at radius 3 is 2.30 bits per heavy atom. The van der Waals surface area contributed by atoms with Gasteiger partial charge in [0.1, 0.15) is 0 Å². The molecule has 3 unspecified atom stereocenters. The van der Waals surface area contributed by atoms with Gasteiger partial charge in [-0.05, 0) is 81.2 Å². The normalized spacial score (nSPS) is 24.3. The summed E-state index contributed by atoms with van der Waals surface area (Å²) in [4.78, 5) is 62.5. The number of urea groups is 1. The van der Waals surface area contributed by atoms with Crippen LogP contribution in [0.4, 0.5) is 15.3 Å². The maximum atomic E-state index is 12.9. The van der Waals surface area contributed by atoms with E-state index in [1.807, 2.05) is 54.3 Å². The van der Waals surface area contributed by atoms with E-state index in [4.69, 9.17) is 14.2 Å². The number of piperidine rings is 3. The lowest BCUT2D eigenvalue weighted by Gasteiger charge is -2.42. The van der Waals surface area contributed by atoms with Gasteiger partial charge in [0.25, 0.3) is 5.91 Å². The smallest absolute Gasteiger partial charge is 0.410 e. The van der Waals surface area contributed by atoms with Crippen molar-refractivity contribution in [2.24, 2.45) is 0 Å². The number of amides is 4. The third-order valence-electron chi connectivity index (χ3n) is 12.0. The third kappa shape index (κ3) is 10.5. The van der Waals surface area contributed by atoms with Crippen LogP contribution in [-0.4, -0.2) is 154 Å². The van der Waals surface area contributed by atoms with E-state index in [-0.39, 0.29) is 49.1 Å². The molecule has 0 aliphatic carbocycles. The molecule has 0 radical (unpaired) electrons. The number of nitrogens with zero attached hydrogens (tertiary/aromatic N) is 4. The van der Waals surface area contributed by atoms with E-state index in [2.05, 4.69) is 20.2 Å². The van der Waals surface area contributed by atoms with Crippen LogP contribution in [0.2, 0.25) is 0 Å². The van der Waals surface area contributed by atoms with Crippen molar-refractivity contribution in [3.05, 3.63) is 64.1 Å². The highest BCUT2D eigenvalue weighted by Gasteiger charge is 2.35. The van der Waals surface area contributed by atoms with E-state index in [9.17, 15) is 29.4 Å². The Morgan fingerprint density at radius 1 is 0.842 bits per heavy atom. The number of aromatic nitrogens is 2. The number of benzene rings is 2. The van der Waals surface area contributed by atoms with Crippen LogP contribution in [0.5, 0.6) is 0 Å². The van der Waals surface area contributed by atoms with Crippen molar-refractivity contribution < 1.29 is 38.8 Å². The monoisotopic (exact) mass is 791 g/mol. The molecule has 4 saturated heterocycles. The molecule has 4 fully saturated rings. The Bertz CT molecular complexity index is 1880. The summed E-state index contributed by atoms with van der Waals surface area (Å²) in [6.07, 6.45) is 4.77. The molecular formula is C41H57N7O9. The Balaban J connectivity index is 0.000000386. The van der Waals surface area contributed by atoms with Gasteiger partial charge in [0.15, 0.2) is 12.9 Å². The quantitative estimate of drug-likeness (QED) is 0.238. The number of rotatable bonds is 7. The van der Waals surface area contributed by atoms with Crippen LogP contribution < -0.4 is 11.0 Å². The standard InChI is InChI=1S/C33H49N5O8.C8H8N2O/c39-21-28-19-26(40)20-31(46-28)45-27-10-16-35(17-11-27)24-6-12-36(13-7-24)30(41)22-44-33(43)37-14-8-25(9-15-37)38-18-5-23-3-1-2-4-29(23)34-32(38)42;1-5-2-3-6-7(4-5)10-8(11)9-6/h1-4,24-28,31,39-40H,5-22H2,(H,34,42);2-4H,1H3,(H2,9,10,11). The van der Waals surface area contributed by atoms with Crippen molar-refractivity contribution >= 4 is 34.8 Å². The van der Waals surface area contributed by atoms with Gasteiger partial charge in [-0.1, -0.05) is 24.3 Å². The number of aromatic amines is 2. The number of aliphatic hydroxyl groups excluding tert-OH is 2. The number of fused-ring (bicyclic) bond motifs is 2. The van der Waals surface area contributed by atoms with Crippen molar-refractivity contribution in [2.45, 2.75) is 101 Å². The van der Waals surface area contributed by atoms with Gasteiger partial charge in [-0.15, -0.1) is 0 Å². The number of nitrogens with one attached hydrogen (secondary N) is 3. The molecule has 3 atom stereocenters. The first kappa shape index (κ1) is 40.7. The van der Waals surface area contributed by atoms with Crippen LogP contribution in [0.1, 0.15) is 62.5 Å². The lowest BCUT2D eigenvalue weighted by Crippen LogP contribution is -2.51. The first-order valence-electron chi connectivity index (χ1n) is 20.5. The molecule has 5 N–H and O–H groups in total. The number of aryl methyl sites for hydroxylation is 1. The predicted molar refractivity (Wildman–Crippen MR) is 212 cm³/mol. The second-order valence-corrected chi connectivity index (χ2v) is 15.9. The molecule has 0 bridgehead atoms. The number of likely N-dealkylation sites (tertiary alicyclic amines) is 3. The van der Waals surface area contributed by atoms with Crippen LogP contribution in [-0.2, 0) is 25.4 Å². The maximum Gasteiger partial charge on any atom is 0.410 e. The van der Waals surface area contributed by atoms with E-state index in [1.54, 1.807) is 9.80 Å². The summed E-state index contributed by atoms with van der Waals surface area (Å²) in [5, 5.41) is 22.5. The topological polar surface area (TPSA) is 193 Å². The highest BCUT2D eigenvalue weighted by atomic mass is 16.7. The molecule has 5 aliphatic rings. The molecule has 4 amide bonds. The van der Waals surface area contributed by atoms with Crippen LogP contribution in [0, 0.1) is 6.92 Å². The molecule has 3 aromatic rings. The number of H-pyrrole nitrogens is 2. The molecule has 8 rings (SSSR count). The van der Waals surface area contributed by atoms with Crippen LogP contribution in [0.15, 0.2) is 47.3 Å². The van der Waals surface area contributed by atoms with Crippen molar-refractivity contribution in [1.29, 1.82) is 0 Å². The van der Waals surface area contributed by atoms with E-state index in [0.717, 1.165) is 73.0 Å². The summed E-state index contributed by atoms with van der Waals surface area (Å²) < 4.78 is 17.3. The Hall–Kier alpha value is -4.48. The van der Waals surface area contributed by atoms with Gasteiger partial charge in [0.05, 0.1) is 36.0 Å². The Kier molecular flexibility index (Phi) is 13.5. The van der Waals surface area contributed by atoms with E-state index >= 15 is 0 Å². The molecule has 1 aromatic heterocycles. The summed E-state index contributed by atoms with van der Waals surface area (Å²) >= 11 is 0. The summed E-state index contributed by atoms with van der Waals surface area (Å²) in [6.45, 7) is 6.33. The van der Waals surface area contributed by atoms with Gasteiger partial charge in [-0.3, -0.25) is 4.79 Å². The summed E-state index contributed by atoms with van der Waals surface area (Å²) in [7, 11) is 0. The maximum absolute atomic E-state index is 12.9. The molecular weight excluding hydrogens is 734 g/mol. The molecule has 5 aliphatic heterocycles. The highest BCUT2D eigenvalue weighted by Crippen LogP contribution is 2.28. The van der Waals surface area contributed by atoms with Crippen molar-refractivity contribution in [1.82, 2.24) is 29.6 Å². The predicted octanol–water partition coefficient (Wildman–Crippen LogP) is 3.17. The average molecular weight is 792 g/mol. The van der Waals surface area contributed by atoms with Crippen molar-refractivity contribution in [2.75, 3.05) is 64.3 Å². The van der Waals surface area contributed by atoms with Gasteiger partial charge in [0, 0.05) is 76.4 Å². The average Bonchev–Trinajstić information content (AvgIpc) is 3.50. The molecule has 16 heteroatoms. The summed E-state index contributed by atoms with van der Waals surface area (Å²) in [6, 6.07) is 14.0. The number of anilines is 1. The number of hydrogen-bond acceptors (Lipinski definition) is 10. The van der Waals surface area contributed by atoms with Gasteiger partial charge in [-0.25, -0.2) is 14.4 Å². The molecule has 57 heavy (non-hydrogen) atoms.